The molecule has 3 aliphatic rings. The van der Waals surface area contributed by atoms with E-state index in [1.807, 2.05) is 84.3 Å². The van der Waals surface area contributed by atoms with Crippen LogP contribution in [0, 0.1) is 17.0 Å². The van der Waals surface area contributed by atoms with E-state index in [1.54, 1.807) is 48.1 Å². The molecule has 4 aromatic rings. The Morgan fingerprint density at radius 2 is 1.37 bits per heavy atom. The summed E-state index contributed by atoms with van der Waals surface area (Å²) in [7, 11) is 0. The van der Waals surface area contributed by atoms with E-state index >= 15 is 0 Å². The number of nitro groups is 1. The van der Waals surface area contributed by atoms with E-state index < -0.39 is 28.2 Å². The van der Waals surface area contributed by atoms with Gasteiger partial charge in [0.1, 0.15) is 5.66 Å². The lowest BCUT2D eigenvalue weighted by molar-refractivity contribution is -0.384. The van der Waals surface area contributed by atoms with E-state index in [4.69, 9.17) is 31.3 Å². The molecule has 0 fully saturated rings. The van der Waals surface area contributed by atoms with Crippen LogP contribution >= 0.6 is 11.6 Å². The number of carbonyl (C=O) groups is 2. The second kappa shape index (κ2) is 12.7. The summed E-state index contributed by atoms with van der Waals surface area (Å²) in [5.74, 6) is -1.27. The van der Waals surface area contributed by atoms with Crippen LogP contribution < -0.4 is 19.8 Å². The molecule has 2 atom stereocenters. The lowest BCUT2D eigenvalue weighted by atomic mass is 9.86. The van der Waals surface area contributed by atoms with Crippen LogP contribution in [0.2, 0.25) is 5.02 Å². The molecule has 0 saturated carbocycles. The SMILES string of the molecule is CCOC(=O)C1=NN(c2ccc(Cl)cc2)[C@]2(C)C[C@]3(c4ccccc4)N(c4ccc([N+](=O)[O-])cc4)N=C(C(=O)OCC)N3c3cc(C)ccc3N12. The van der Waals surface area contributed by atoms with Gasteiger partial charge in [-0.15, -0.1) is 10.2 Å². The molecule has 0 spiro atoms. The number of non-ortho nitro benzene ring substituents is 1. The number of aryl methyl sites for hydroxylation is 1. The van der Waals surface area contributed by atoms with Crippen LogP contribution in [0.15, 0.2) is 107 Å². The van der Waals surface area contributed by atoms with Crippen LogP contribution in [0.25, 0.3) is 0 Å². The van der Waals surface area contributed by atoms with Gasteiger partial charge in [0, 0.05) is 29.1 Å². The number of ether oxygens (including phenoxy) is 2. The minimum Gasteiger partial charge on any atom is -0.460 e. The van der Waals surface area contributed by atoms with Gasteiger partial charge >= 0.3 is 11.9 Å². The fourth-order valence-corrected chi connectivity index (χ4v) is 7.27. The maximum atomic E-state index is 14.1. The Bertz CT molecular complexity index is 2090. The first kappa shape index (κ1) is 33.5. The molecule has 3 aliphatic heterocycles. The molecular weight excluding hydrogens is 674 g/mol. The van der Waals surface area contributed by atoms with Crippen LogP contribution in [-0.2, 0) is 24.7 Å². The minimum atomic E-state index is -1.35. The average molecular weight is 708 g/mol. The van der Waals surface area contributed by atoms with Gasteiger partial charge in [0.2, 0.25) is 11.7 Å². The maximum absolute atomic E-state index is 14.1. The molecule has 0 saturated heterocycles. The summed E-state index contributed by atoms with van der Waals surface area (Å²) in [5, 5.41) is 25.6. The quantitative estimate of drug-likeness (QED) is 0.108. The topological polar surface area (TPSA) is 133 Å². The molecule has 0 aliphatic carbocycles. The van der Waals surface area contributed by atoms with Crippen LogP contribution in [-0.4, -0.2) is 47.4 Å². The minimum absolute atomic E-state index is 0.0108. The van der Waals surface area contributed by atoms with Crippen molar-refractivity contribution in [3.63, 3.8) is 0 Å². The smallest absolute Gasteiger partial charge is 0.376 e. The highest BCUT2D eigenvalue weighted by atomic mass is 35.5. The molecule has 4 aromatic carbocycles. The second-order valence-electron chi connectivity index (χ2n) is 12.4. The zero-order chi connectivity index (χ0) is 36.1. The molecule has 0 N–H and O–H groups in total. The van der Waals surface area contributed by atoms with Crippen LogP contribution in [0.3, 0.4) is 0 Å². The van der Waals surface area contributed by atoms with Gasteiger partial charge in [0.25, 0.3) is 5.69 Å². The summed E-state index contributed by atoms with van der Waals surface area (Å²) in [6.45, 7) is 7.56. The normalized spacial score (nSPS) is 20.5. The van der Waals surface area contributed by atoms with Crippen molar-refractivity contribution in [2.24, 2.45) is 10.2 Å². The van der Waals surface area contributed by atoms with Gasteiger partial charge in [-0.1, -0.05) is 48.0 Å². The number of halogens is 1. The van der Waals surface area contributed by atoms with Crippen LogP contribution in [0.5, 0.6) is 0 Å². The van der Waals surface area contributed by atoms with Crippen molar-refractivity contribution in [3.05, 3.63) is 123 Å². The third-order valence-corrected chi connectivity index (χ3v) is 9.45. The Balaban J connectivity index is 1.59. The maximum Gasteiger partial charge on any atom is 0.376 e. The molecule has 0 radical (unpaired) electrons. The summed E-state index contributed by atoms with van der Waals surface area (Å²) < 4.78 is 11.2. The second-order valence-corrected chi connectivity index (χ2v) is 12.8. The molecule has 0 bridgehead atoms. The van der Waals surface area contributed by atoms with Crippen molar-refractivity contribution >= 4 is 63.6 Å². The number of fused-ring (bicyclic) bond motifs is 5. The summed E-state index contributed by atoms with van der Waals surface area (Å²) >= 11 is 6.33. The van der Waals surface area contributed by atoms with Gasteiger partial charge in [-0.3, -0.25) is 19.9 Å². The monoisotopic (exact) mass is 707 g/mol. The van der Waals surface area contributed by atoms with Crippen molar-refractivity contribution in [3.8, 4) is 0 Å². The molecule has 51 heavy (non-hydrogen) atoms. The Morgan fingerprint density at radius 3 is 1.98 bits per heavy atom. The Labute approximate surface area is 299 Å². The molecular formula is C37H34ClN7O6. The summed E-state index contributed by atoms with van der Waals surface area (Å²) in [6, 6.07) is 28.5. The number of carbonyl (C=O) groups excluding carboxylic acids is 2. The van der Waals surface area contributed by atoms with Gasteiger partial charge in [-0.05, 0) is 81.8 Å². The van der Waals surface area contributed by atoms with Crippen molar-refractivity contribution in [1.82, 2.24) is 0 Å². The van der Waals surface area contributed by atoms with E-state index in [-0.39, 0.29) is 37.0 Å². The van der Waals surface area contributed by atoms with Gasteiger partial charge < -0.3 is 9.47 Å². The predicted octanol–water partition coefficient (Wildman–Crippen LogP) is 6.94. The molecule has 0 amide bonds. The van der Waals surface area contributed by atoms with E-state index in [0.717, 1.165) is 11.1 Å². The summed E-state index contributed by atoms with van der Waals surface area (Å²) in [4.78, 5) is 42.9. The Hall–Kier alpha value is -5.95. The summed E-state index contributed by atoms with van der Waals surface area (Å²) in [5.41, 5.74) is 1.20. The number of anilines is 4. The third-order valence-electron chi connectivity index (χ3n) is 9.19. The largest absolute Gasteiger partial charge is 0.460 e. The molecule has 14 heteroatoms. The Kier molecular flexibility index (Phi) is 8.38. The Morgan fingerprint density at radius 1 is 0.804 bits per heavy atom. The molecule has 260 valence electrons. The number of nitro benzene ring substituents is 1. The predicted molar refractivity (Wildman–Crippen MR) is 195 cm³/mol. The molecule has 0 unspecified atom stereocenters. The molecule has 13 nitrogen and oxygen atoms in total. The van der Waals surface area contributed by atoms with Gasteiger partial charge in [-0.2, -0.15) is 0 Å². The average Bonchev–Trinajstić information content (AvgIpc) is 3.59. The highest BCUT2D eigenvalue weighted by Crippen LogP contribution is 2.57. The number of esters is 2. The number of amidine groups is 2. The van der Waals surface area contributed by atoms with Crippen LogP contribution in [0.4, 0.5) is 28.4 Å². The number of hydrogen-bond donors (Lipinski definition) is 0. The fraction of sp³-hybridized carbons (Fsp3) is 0.243. The van der Waals surface area contributed by atoms with Crippen molar-refractivity contribution in [2.45, 2.75) is 45.4 Å². The lowest BCUT2D eigenvalue weighted by Gasteiger charge is -2.48. The van der Waals surface area contributed by atoms with Crippen molar-refractivity contribution in [2.75, 3.05) is 33.0 Å². The highest BCUT2D eigenvalue weighted by Gasteiger charge is 2.64. The zero-order valence-electron chi connectivity index (χ0n) is 28.3. The zero-order valence-corrected chi connectivity index (χ0v) is 29.1. The summed E-state index contributed by atoms with van der Waals surface area (Å²) in [6.07, 6.45) is 0.121. The van der Waals surface area contributed by atoms with Crippen LogP contribution in [0.1, 0.15) is 38.3 Å². The fourth-order valence-electron chi connectivity index (χ4n) is 7.14. The number of hydrazone groups is 2. The third kappa shape index (κ3) is 5.32. The first-order valence-corrected chi connectivity index (χ1v) is 16.8. The number of rotatable bonds is 8. The first-order chi connectivity index (χ1) is 24.5. The standard InChI is InChI=1S/C37H34ClN7O6/c1-5-50-34(46)32-39-43(27-15-13-26(38)14-16-27)36(4)23-37(25-10-8-7-9-11-25)42(31-22-24(3)12-21-30(31)41(32)36)33(35(47)51-6-2)40-44(37)28-17-19-29(20-18-28)45(48)49/h7-22H,5-6,23H2,1-4H3/t36-,37-/m1/s1. The number of benzene rings is 4. The van der Waals surface area contributed by atoms with Gasteiger partial charge in [0.15, 0.2) is 5.66 Å². The number of nitrogens with zero attached hydrogens (tertiary/aromatic N) is 7. The van der Waals surface area contributed by atoms with Crippen molar-refractivity contribution in [1.29, 1.82) is 0 Å². The number of hydrogen-bond acceptors (Lipinski definition) is 12. The highest BCUT2D eigenvalue weighted by molar-refractivity contribution is 6.45. The molecule has 0 aromatic heterocycles. The molecule has 7 rings (SSSR count). The van der Waals surface area contributed by atoms with E-state index in [2.05, 4.69) is 0 Å². The van der Waals surface area contributed by atoms with E-state index in [1.165, 1.54) is 12.1 Å². The first-order valence-electron chi connectivity index (χ1n) is 16.4. The van der Waals surface area contributed by atoms with Gasteiger partial charge in [-0.25, -0.2) is 19.6 Å². The van der Waals surface area contributed by atoms with E-state index in [9.17, 15) is 19.7 Å². The van der Waals surface area contributed by atoms with Crippen molar-refractivity contribution < 1.29 is 24.0 Å². The molecule has 3 heterocycles. The van der Waals surface area contributed by atoms with Gasteiger partial charge in [0.05, 0.1) is 40.9 Å². The lowest BCUT2D eigenvalue weighted by Crippen LogP contribution is -2.62. The van der Waals surface area contributed by atoms with E-state index in [0.29, 0.717) is 27.8 Å².